The Kier molecular flexibility index (Phi) is 4.93. The van der Waals surface area contributed by atoms with Crippen molar-refractivity contribution in [3.05, 3.63) is 36.7 Å². The van der Waals surface area contributed by atoms with E-state index in [0.29, 0.717) is 5.69 Å². The first-order valence-corrected chi connectivity index (χ1v) is 8.31. The predicted molar refractivity (Wildman–Crippen MR) is 92.2 cm³/mol. The van der Waals surface area contributed by atoms with E-state index >= 15 is 0 Å². The molecule has 0 spiro atoms. The number of benzene rings is 1. The highest BCUT2D eigenvalue weighted by Crippen LogP contribution is 2.28. The number of imidazole rings is 1. The van der Waals surface area contributed by atoms with E-state index in [4.69, 9.17) is 0 Å². The van der Waals surface area contributed by atoms with Crippen LogP contribution < -0.4 is 10.6 Å². The van der Waals surface area contributed by atoms with E-state index in [1.165, 1.54) is 6.92 Å². The molecule has 0 bridgehead atoms. The minimum atomic E-state index is -0.463. The fraction of sp³-hybridized carbons (Fsp3) is 0.389. The molecule has 6 heteroatoms. The number of H-pyrrole nitrogens is 1. The molecule has 1 atom stereocenters. The van der Waals surface area contributed by atoms with E-state index in [9.17, 15) is 9.59 Å². The van der Waals surface area contributed by atoms with Crippen molar-refractivity contribution < 1.29 is 9.59 Å². The van der Waals surface area contributed by atoms with E-state index in [1.807, 2.05) is 24.3 Å². The third kappa shape index (κ3) is 3.82. The first kappa shape index (κ1) is 16.2. The molecule has 3 rings (SSSR count). The van der Waals surface area contributed by atoms with Gasteiger partial charge in [0.2, 0.25) is 11.8 Å². The third-order valence-corrected chi connectivity index (χ3v) is 4.44. The fourth-order valence-electron chi connectivity index (χ4n) is 3.26. The number of aromatic amines is 1. The molecule has 1 aromatic carbocycles. The smallest absolute Gasteiger partial charge is 0.247 e. The summed E-state index contributed by atoms with van der Waals surface area (Å²) in [4.78, 5) is 31.3. The summed E-state index contributed by atoms with van der Waals surface area (Å²) in [5, 5.41) is 5.72. The topological polar surface area (TPSA) is 86.9 Å². The monoisotopic (exact) mass is 326 g/mol. The second-order valence-corrected chi connectivity index (χ2v) is 6.23. The van der Waals surface area contributed by atoms with Crippen molar-refractivity contribution in [3.8, 4) is 11.4 Å². The molecule has 1 saturated carbocycles. The molecule has 1 aromatic heterocycles. The Bertz CT molecular complexity index is 688. The molecular weight excluding hydrogens is 304 g/mol. The number of nitrogens with zero attached hydrogens (tertiary/aromatic N) is 1. The Hall–Kier alpha value is -2.63. The maximum absolute atomic E-state index is 12.6. The average molecular weight is 326 g/mol. The van der Waals surface area contributed by atoms with E-state index < -0.39 is 6.04 Å². The lowest BCUT2D eigenvalue weighted by Gasteiger charge is -2.23. The van der Waals surface area contributed by atoms with Crippen LogP contribution in [0.2, 0.25) is 0 Å². The second-order valence-electron chi connectivity index (χ2n) is 6.23. The van der Waals surface area contributed by atoms with Crippen molar-refractivity contribution in [2.24, 2.45) is 5.92 Å². The minimum Gasteiger partial charge on any atom is -0.345 e. The number of hydrogen-bond acceptors (Lipinski definition) is 3. The fourth-order valence-corrected chi connectivity index (χ4v) is 3.26. The van der Waals surface area contributed by atoms with Crippen molar-refractivity contribution in [3.63, 3.8) is 0 Å². The van der Waals surface area contributed by atoms with Crippen molar-refractivity contribution in [2.75, 3.05) is 5.32 Å². The van der Waals surface area contributed by atoms with Crippen LogP contribution in [0.5, 0.6) is 0 Å². The lowest BCUT2D eigenvalue weighted by atomic mass is 9.97. The molecule has 2 aromatic rings. The summed E-state index contributed by atoms with van der Waals surface area (Å²) in [6, 6.07) is 7.02. The van der Waals surface area contributed by atoms with Gasteiger partial charge in [0.15, 0.2) is 0 Å². The Morgan fingerprint density at radius 3 is 2.50 bits per heavy atom. The second kappa shape index (κ2) is 7.29. The summed E-state index contributed by atoms with van der Waals surface area (Å²) in [5.74, 6) is 0.685. The molecule has 1 heterocycles. The summed E-state index contributed by atoms with van der Waals surface area (Å²) in [6.07, 6.45) is 7.67. The lowest BCUT2D eigenvalue weighted by Crippen LogP contribution is -2.47. The van der Waals surface area contributed by atoms with Gasteiger partial charge in [-0.15, -0.1) is 0 Å². The molecule has 0 aliphatic heterocycles. The largest absolute Gasteiger partial charge is 0.345 e. The zero-order valence-electron chi connectivity index (χ0n) is 13.7. The van der Waals surface area contributed by atoms with Crippen molar-refractivity contribution >= 4 is 17.5 Å². The highest BCUT2D eigenvalue weighted by atomic mass is 16.2. The number of aromatic nitrogens is 2. The zero-order valence-corrected chi connectivity index (χ0v) is 13.7. The number of hydrogen-bond donors (Lipinski definition) is 3. The predicted octanol–water partition coefficient (Wildman–Crippen LogP) is 2.71. The summed E-state index contributed by atoms with van der Waals surface area (Å²) in [5.41, 5.74) is 1.66. The van der Waals surface area contributed by atoms with E-state index in [1.54, 1.807) is 12.4 Å². The molecule has 0 radical (unpaired) electrons. The van der Waals surface area contributed by atoms with Crippen LogP contribution in [0.25, 0.3) is 11.4 Å². The van der Waals surface area contributed by atoms with Gasteiger partial charge in [0.25, 0.3) is 0 Å². The Morgan fingerprint density at radius 2 is 1.92 bits per heavy atom. The normalized spacial score (nSPS) is 15.9. The molecular formula is C18H22N4O2. The van der Waals surface area contributed by atoms with E-state index in [2.05, 4.69) is 20.6 Å². The summed E-state index contributed by atoms with van der Waals surface area (Å²) >= 11 is 0. The van der Waals surface area contributed by atoms with Crippen molar-refractivity contribution in [2.45, 2.75) is 38.6 Å². The molecule has 0 saturated heterocycles. The van der Waals surface area contributed by atoms with Gasteiger partial charge in [0, 0.05) is 30.6 Å². The molecule has 3 N–H and O–H groups in total. The van der Waals surface area contributed by atoms with Gasteiger partial charge >= 0.3 is 0 Å². The SMILES string of the molecule is CC(=O)N[C@H](C(=O)Nc1ccc(-c2ncc[nH]2)cc1)C1CCCC1. The van der Waals surface area contributed by atoms with Crippen LogP contribution in [0.1, 0.15) is 32.6 Å². The van der Waals surface area contributed by atoms with Gasteiger partial charge in [0.05, 0.1) is 0 Å². The summed E-state index contributed by atoms with van der Waals surface area (Å²) < 4.78 is 0. The quantitative estimate of drug-likeness (QED) is 0.789. The Balaban J connectivity index is 1.68. The van der Waals surface area contributed by atoms with Crippen LogP contribution in [0, 0.1) is 5.92 Å². The van der Waals surface area contributed by atoms with Gasteiger partial charge < -0.3 is 15.6 Å². The summed E-state index contributed by atoms with van der Waals surface area (Å²) in [6.45, 7) is 1.45. The number of carbonyl (C=O) groups excluding carboxylic acids is 2. The maximum atomic E-state index is 12.6. The number of anilines is 1. The number of rotatable bonds is 5. The molecule has 1 fully saturated rings. The zero-order chi connectivity index (χ0) is 16.9. The standard InChI is InChI=1S/C18H22N4O2/c1-12(23)21-16(13-4-2-3-5-13)18(24)22-15-8-6-14(7-9-15)17-19-10-11-20-17/h6-11,13,16H,2-5H2,1H3,(H,19,20)(H,21,23)(H,22,24)/t16-/m0/s1. The van der Waals surface area contributed by atoms with Gasteiger partial charge in [-0.3, -0.25) is 9.59 Å². The molecule has 1 aliphatic rings. The minimum absolute atomic E-state index is 0.150. The highest BCUT2D eigenvalue weighted by Gasteiger charge is 2.31. The summed E-state index contributed by atoms with van der Waals surface area (Å²) in [7, 11) is 0. The third-order valence-electron chi connectivity index (χ3n) is 4.44. The van der Waals surface area contributed by atoms with Crippen LogP contribution in [0.15, 0.2) is 36.7 Å². The van der Waals surface area contributed by atoms with Crippen molar-refractivity contribution in [1.29, 1.82) is 0 Å². The van der Waals surface area contributed by atoms with Crippen LogP contribution in [0.3, 0.4) is 0 Å². The van der Waals surface area contributed by atoms with Crippen molar-refractivity contribution in [1.82, 2.24) is 15.3 Å². The number of carbonyl (C=O) groups is 2. The molecule has 24 heavy (non-hydrogen) atoms. The molecule has 0 unspecified atom stereocenters. The van der Waals surface area contributed by atoms with Gasteiger partial charge in [-0.05, 0) is 43.0 Å². The van der Waals surface area contributed by atoms with Crippen LogP contribution in [-0.2, 0) is 9.59 Å². The molecule has 6 nitrogen and oxygen atoms in total. The van der Waals surface area contributed by atoms with Gasteiger partial charge in [-0.2, -0.15) is 0 Å². The van der Waals surface area contributed by atoms with Crippen LogP contribution in [0.4, 0.5) is 5.69 Å². The van der Waals surface area contributed by atoms with Gasteiger partial charge in [0.1, 0.15) is 11.9 Å². The van der Waals surface area contributed by atoms with E-state index in [-0.39, 0.29) is 17.7 Å². The van der Waals surface area contributed by atoms with Crippen LogP contribution in [-0.4, -0.2) is 27.8 Å². The van der Waals surface area contributed by atoms with Gasteiger partial charge in [-0.1, -0.05) is 12.8 Å². The lowest BCUT2D eigenvalue weighted by molar-refractivity contribution is -0.126. The van der Waals surface area contributed by atoms with Gasteiger partial charge in [-0.25, -0.2) is 4.98 Å². The molecule has 126 valence electrons. The first-order chi connectivity index (χ1) is 11.6. The molecule has 2 amide bonds. The number of nitrogens with one attached hydrogen (secondary N) is 3. The average Bonchev–Trinajstić information content (AvgIpc) is 3.26. The Morgan fingerprint density at radius 1 is 1.21 bits per heavy atom. The molecule has 1 aliphatic carbocycles. The maximum Gasteiger partial charge on any atom is 0.247 e. The Labute approximate surface area is 141 Å². The first-order valence-electron chi connectivity index (χ1n) is 8.31. The highest BCUT2D eigenvalue weighted by molar-refractivity contribution is 5.97. The van der Waals surface area contributed by atoms with Crippen LogP contribution >= 0.6 is 0 Å². The number of amides is 2. The van der Waals surface area contributed by atoms with E-state index in [0.717, 1.165) is 37.1 Å².